The van der Waals surface area contributed by atoms with Crippen molar-refractivity contribution in [2.75, 3.05) is 26.3 Å². The normalized spacial score (nSPS) is 24.8. The van der Waals surface area contributed by atoms with Crippen LogP contribution in [0, 0.1) is 0 Å². The third-order valence-electron chi connectivity index (χ3n) is 7.25. The lowest BCUT2D eigenvalue weighted by atomic mass is 9.69. The molecule has 0 unspecified atom stereocenters. The Bertz CT molecular complexity index is 647. The predicted molar refractivity (Wildman–Crippen MR) is 128 cm³/mol. The van der Waals surface area contributed by atoms with Crippen LogP contribution in [0.25, 0.3) is 0 Å². The summed E-state index contributed by atoms with van der Waals surface area (Å²) >= 11 is 0. The van der Waals surface area contributed by atoms with Crippen LogP contribution in [0.5, 0.6) is 0 Å². The van der Waals surface area contributed by atoms with E-state index in [1.54, 1.807) is 11.1 Å². The van der Waals surface area contributed by atoms with Crippen molar-refractivity contribution in [1.29, 1.82) is 0 Å². The van der Waals surface area contributed by atoms with Gasteiger partial charge in [-0.3, -0.25) is 19.4 Å². The monoisotopic (exact) mass is 450 g/mol. The zero-order valence-corrected chi connectivity index (χ0v) is 22.2. The fraction of sp³-hybridized carbons (Fsp3) is 0.846. The topological polar surface area (TPSA) is 59.1 Å². The standard InChI is InChI=1S/C26H46N2O4/c1-19(29)31-13-11-27-23(3,4)15-21(16-24(27,5)6)22-17-25(7,8)28(26(9,10)18-22)12-14-32-20(2)30/h11-18H2,1-10H3. The molecule has 0 bridgehead atoms. The second-order valence-electron chi connectivity index (χ2n) is 12.1. The van der Waals surface area contributed by atoms with Crippen molar-refractivity contribution < 1.29 is 19.1 Å². The van der Waals surface area contributed by atoms with Crippen molar-refractivity contribution in [3.63, 3.8) is 0 Å². The van der Waals surface area contributed by atoms with Gasteiger partial charge in [0.05, 0.1) is 0 Å². The molecule has 0 aromatic heterocycles. The maximum atomic E-state index is 11.2. The molecule has 0 atom stereocenters. The van der Waals surface area contributed by atoms with E-state index in [4.69, 9.17) is 9.47 Å². The number of rotatable bonds is 6. The molecule has 0 aliphatic carbocycles. The third kappa shape index (κ3) is 6.34. The van der Waals surface area contributed by atoms with E-state index in [2.05, 4.69) is 65.2 Å². The molecule has 2 fully saturated rings. The first-order valence-electron chi connectivity index (χ1n) is 12.0. The molecule has 0 aromatic rings. The van der Waals surface area contributed by atoms with E-state index in [0.29, 0.717) is 13.2 Å². The van der Waals surface area contributed by atoms with Crippen LogP contribution >= 0.6 is 0 Å². The van der Waals surface area contributed by atoms with E-state index < -0.39 is 0 Å². The van der Waals surface area contributed by atoms with Crippen molar-refractivity contribution in [2.45, 2.75) is 117 Å². The van der Waals surface area contributed by atoms with Crippen LogP contribution in [0.1, 0.15) is 94.9 Å². The first-order chi connectivity index (χ1) is 14.5. The number of likely N-dealkylation sites (tertiary alicyclic amines) is 2. The van der Waals surface area contributed by atoms with Crippen LogP contribution in [0.3, 0.4) is 0 Å². The molecule has 0 radical (unpaired) electrons. The maximum Gasteiger partial charge on any atom is 0.302 e. The molecule has 0 N–H and O–H groups in total. The Hall–Kier alpha value is -1.40. The Morgan fingerprint density at radius 2 is 0.875 bits per heavy atom. The minimum Gasteiger partial charge on any atom is -0.465 e. The van der Waals surface area contributed by atoms with Crippen LogP contribution in [-0.2, 0) is 19.1 Å². The van der Waals surface area contributed by atoms with Crippen molar-refractivity contribution in [2.24, 2.45) is 0 Å². The second-order valence-corrected chi connectivity index (χ2v) is 12.1. The Morgan fingerprint density at radius 3 is 1.09 bits per heavy atom. The van der Waals surface area contributed by atoms with Gasteiger partial charge in [-0.25, -0.2) is 0 Å². The number of piperidine rings is 2. The first kappa shape index (κ1) is 26.8. The first-order valence-corrected chi connectivity index (χ1v) is 12.0. The summed E-state index contributed by atoms with van der Waals surface area (Å²) in [5.41, 5.74) is 3.14. The quantitative estimate of drug-likeness (QED) is 0.431. The van der Waals surface area contributed by atoms with E-state index in [9.17, 15) is 9.59 Å². The molecule has 2 saturated heterocycles. The van der Waals surface area contributed by atoms with Crippen molar-refractivity contribution in [1.82, 2.24) is 9.80 Å². The zero-order valence-electron chi connectivity index (χ0n) is 22.2. The SMILES string of the molecule is CC(=O)OCCN1C(C)(C)CC(=C2CC(C)(C)N(CCOC(C)=O)C(C)(C)C2)CC1(C)C. The van der Waals surface area contributed by atoms with E-state index in [0.717, 1.165) is 38.8 Å². The lowest BCUT2D eigenvalue weighted by Gasteiger charge is -2.57. The summed E-state index contributed by atoms with van der Waals surface area (Å²) in [4.78, 5) is 27.5. The highest BCUT2D eigenvalue weighted by molar-refractivity contribution is 5.66. The van der Waals surface area contributed by atoms with Gasteiger partial charge in [-0.1, -0.05) is 11.1 Å². The number of nitrogens with zero attached hydrogens (tertiary/aromatic N) is 2. The van der Waals surface area contributed by atoms with Crippen molar-refractivity contribution >= 4 is 11.9 Å². The fourth-order valence-corrected chi connectivity index (χ4v) is 6.51. The molecule has 2 heterocycles. The molecule has 6 heteroatoms. The second kappa shape index (κ2) is 9.46. The van der Waals surface area contributed by atoms with Gasteiger partial charge in [0.2, 0.25) is 0 Å². The van der Waals surface area contributed by atoms with E-state index >= 15 is 0 Å². The fourth-order valence-electron chi connectivity index (χ4n) is 6.51. The Kier molecular flexibility index (Phi) is 7.93. The molecule has 6 nitrogen and oxygen atoms in total. The van der Waals surface area contributed by atoms with E-state index in [1.165, 1.54) is 13.8 Å². The smallest absolute Gasteiger partial charge is 0.302 e. The highest BCUT2D eigenvalue weighted by Gasteiger charge is 2.47. The Balaban J connectivity index is 2.25. The van der Waals surface area contributed by atoms with Gasteiger partial charge in [0.1, 0.15) is 13.2 Å². The number of hydrogen-bond donors (Lipinski definition) is 0. The summed E-state index contributed by atoms with van der Waals surface area (Å²) in [6.45, 7) is 23.8. The van der Waals surface area contributed by atoms with Gasteiger partial charge in [0.25, 0.3) is 0 Å². The van der Waals surface area contributed by atoms with Crippen molar-refractivity contribution in [3.05, 3.63) is 11.1 Å². The molecule has 0 spiro atoms. The molecule has 2 aliphatic heterocycles. The largest absolute Gasteiger partial charge is 0.465 e. The third-order valence-corrected chi connectivity index (χ3v) is 7.25. The summed E-state index contributed by atoms with van der Waals surface area (Å²) in [5, 5.41) is 0. The van der Waals surface area contributed by atoms with Crippen LogP contribution < -0.4 is 0 Å². The maximum absolute atomic E-state index is 11.2. The van der Waals surface area contributed by atoms with Crippen molar-refractivity contribution in [3.8, 4) is 0 Å². The van der Waals surface area contributed by atoms with Gasteiger partial charge in [0.15, 0.2) is 0 Å². The van der Waals surface area contributed by atoms with Gasteiger partial charge < -0.3 is 9.47 Å². The molecule has 0 aromatic carbocycles. The minimum absolute atomic E-state index is 0.00895. The highest BCUT2D eigenvalue weighted by atomic mass is 16.5. The van der Waals surface area contributed by atoms with Crippen LogP contribution in [0.15, 0.2) is 11.1 Å². The Morgan fingerprint density at radius 1 is 0.625 bits per heavy atom. The van der Waals surface area contributed by atoms with Gasteiger partial charge in [-0.15, -0.1) is 0 Å². The zero-order chi connectivity index (χ0) is 24.5. The number of carbonyl (C=O) groups is 2. The molecule has 2 aliphatic rings. The lowest BCUT2D eigenvalue weighted by Crippen LogP contribution is -2.62. The summed E-state index contributed by atoms with van der Waals surface area (Å²) in [5.74, 6) is -0.435. The lowest BCUT2D eigenvalue weighted by molar-refractivity contribution is -0.143. The van der Waals surface area contributed by atoms with E-state index in [-0.39, 0.29) is 34.1 Å². The molecule has 0 amide bonds. The average molecular weight is 451 g/mol. The van der Waals surface area contributed by atoms with Gasteiger partial charge >= 0.3 is 11.9 Å². The molecular weight excluding hydrogens is 404 g/mol. The van der Waals surface area contributed by atoms with Gasteiger partial charge in [-0.2, -0.15) is 0 Å². The molecular formula is C26H46N2O4. The van der Waals surface area contributed by atoms with Gasteiger partial charge in [0, 0.05) is 49.1 Å². The predicted octanol–water partition coefficient (Wildman–Crippen LogP) is 4.72. The highest BCUT2D eigenvalue weighted by Crippen LogP contribution is 2.48. The molecule has 32 heavy (non-hydrogen) atoms. The number of ether oxygens (including phenoxy) is 2. The summed E-state index contributed by atoms with van der Waals surface area (Å²) < 4.78 is 10.5. The summed E-state index contributed by atoms with van der Waals surface area (Å²) in [6, 6.07) is 0. The Labute approximate surface area is 195 Å². The number of esters is 2. The minimum atomic E-state index is -0.217. The van der Waals surface area contributed by atoms with Crippen LogP contribution in [-0.4, -0.2) is 70.2 Å². The van der Waals surface area contributed by atoms with Crippen LogP contribution in [0.4, 0.5) is 0 Å². The van der Waals surface area contributed by atoms with Gasteiger partial charge in [-0.05, 0) is 81.1 Å². The average Bonchev–Trinajstić information content (AvgIpc) is 2.57. The molecule has 184 valence electrons. The summed E-state index contributed by atoms with van der Waals surface area (Å²) in [6.07, 6.45) is 4.13. The van der Waals surface area contributed by atoms with Crippen LogP contribution in [0.2, 0.25) is 0 Å². The van der Waals surface area contributed by atoms with E-state index in [1.807, 2.05) is 0 Å². The summed E-state index contributed by atoms with van der Waals surface area (Å²) in [7, 11) is 0. The molecule has 0 saturated carbocycles. The number of carbonyl (C=O) groups excluding carboxylic acids is 2. The number of hydrogen-bond acceptors (Lipinski definition) is 6. The molecule has 2 rings (SSSR count).